The van der Waals surface area contributed by atoms with E-state index in [9.17, 15) is 27.6 Å². The molecule has 0 saturated heterocycles. The van der Waals surface area contributed by atoms with Gasteiger partial charge in [-0.3, -0.25) is 4.55 Å². The van der Waals surface area contributed by atoms with Gasteiger partial charge in [0, 0.05) is 11.6 Å². The van der Waals surface area contributed by atoms with Crippen LogP contribution in [0.25, 0.3) is 44.3 Å². The van der Waals surface area contributed by atoms with Gasteiger partial charge in [0.15, 0.2) is 0 Å². The van der Waals surface area contributed by atoms with E-state index in [2.05, 4.69) is 9.97 Å². The number of H-pyrrole nitrogens is 1. The number of aromatic amines is 1. The lowest BCUT2D eigenvalue weighted by Crippen LogP contribution is -1.97. The second kappa shape index (κ2) is 7.04. The number of hydrogen-bond donors (Lipinski definition) is 4. The van der Waals surface area contributed by atoms with E-state index in [1.807, 2.05) is 0 Å². The summed E-state index contributed by atoms with van der Waals surface area (Å²) in [5.74, 6) is -0.471. The maximum absolute atomic E-state index is 13.3. The predicted molar refractivity (Wildman–Crippen MR) is 118 cm³/mol. The minimum absolute atomic E-state index is 0.0552. The molecule has 0 aliphatic heterocycles. The highest BCUT2D eigenvalue weighted by Gasteiger charge is 2.19. The zero-order valence-corrected chi connectivity index (χ0v) is 17.1. The lowest BCUT2D eigenvalue weighted by atomic mass is 10.0. The van der Waals surface area contributed by atoms with Crippen LogP contribution in [-0.2, 0) is 10.1 Å². The normalized spacial score (nSPS) is 11.9. The highest BCUT2D eigenvalue weighted by molar-refractivity contribution is 7.85. The van der Waals surface area contributed by atoms with E-state index in [1.165, 1.54) is 18.2 Å². The molecule has 1 aromatic heterocycles. The summed E-state index contributed by atoms with van der Waals surface area (Å²) in [4.78, 5) is 7.19. The van der Waals surface area contributed by atoms with Gasteiger partial charge in [0.25, 0.3) is 10.1 Å². The molecule has 5 rings (SSSR count). The van der Waals surface area contributed by atoms with E-state index in [1.54, 1.807) is 42.5 Å². The average molecular weight is 450 g/mol. The van der Waals surface area contributed by atoms with E-state index in [-0.39, 0.29) is 17.3 Å². The molecule has 0 radical (unpaired) electrons. The van der Waals surface area contributed by atoms with Crippen molar-refractivity contribution in [3.63, 3.8) is 0 Å². The molecule has 0 spiro atoms. The van der Waals surface area contributed by atoms with Crippen molar-refractivity contribution in [2.24, 2.45) is 0 Å². The second-order valence-corrected chi connectivity index (χ2v) is 8.69. The molecular formula is C23H15FN2O5S. The fraction of sp³-hybridized carbons (Fsp3) is 0. The molecule has 0 saturated carbocycles. The fourth-order valence-electron chi connectivity index (χ4n) is 3.76. The Labute approximate surface area is 181 Å². The number of imidazole rings is 1. The topological polar surface area (TPSA) is 124 Å². The Hall–Kier alpha value is -3.95. The van der Waals surface area contributed by atoms with E-state index in [4.69, 9.17) is 0 Å². The number of phenolic OH excluding ortho intramolecular Hbond substituents is 2. The molecule has 4 aromatic carbocycles. The number of halogens is 1. The van der Waals surface area contributed by atoms with Crippen LogP contribution in [0.4, 0.5) is 4.39 Å². The van der Waals surface area contributed by atoms with Gasteiger partial charge in [-0.25, -0.2) is 9.37 Å². The van der Waals surface area contributed by atoms with Gasteiger partial charge in [0.05, 0.1) is 21.4 Å². The number of hydrogen-bond acceptors (Lipinski definition) is 5. The second-order valence-electron chi connectivity index (χ2n) is 7.27. The van der Waals surface area contributed by atoms with Gasteiger partial charge >= 0.3 is 0 Å². The molecule has 0 atom stereocenters. The van der Waals surface area contributed by atoms with Gasteiger partial charge < -0.3 is 15.2 Å². The molecule has 160 valence electrons. The third-order valence-corrected chi connectivity index (χ3v) is 6.10. The van der Waals surface area contributed by atoms with Crippen LogP contribution in [0, 0.1) is 5.82 Å². The van der Waals surface area contributed by atoms with Crippen molar-refractivity contribution in [2.75, 3.05) is 0 Å². The maximum Gasteiger partial charge on any atom is 0.294 e. The van der Waals surface area contributed by atoms with Gasteiger partial charge in [-0.1, -0.05) is 30.3 Å². The van der Waals surface area contributed by atoms with Crippen LogP contribution < -0.4 is 0 Å². The molecule has 0 aliphatic carbocycles. The van der Waals surface area contributed by atoms with Crippen LogP contribution in [-0.4, -0.2) is 33.2 Å². The quantitative estimate of drug-likeness (QED) is 0.292. The summed E-state index contributed by atoms with van der Waals surface area (Å²) in [6, 6.07) is 16.3. The number of rotatable bonds is 3. The lowest BCUT2D eigenvalue weighted by molar-refractivity contribution is 0.471. The molecule has 0 bridgehead atoms. The molecule has 1 heterocycles. The number of fused-ring (bicyclic) bond motifs is 3. The third kappa shape index (κ3) is 3.24. The SMILES string of the molecule is O=S(=O)(O)c1cc(O)c2c(ccc3[nH]c(-c4cccc(-c5ccc(F)cc5)c4O)nc32)c1. The Morgan fingerprint density at radius 3 is 2.34 bits per heavy atom. The average Bonchev–Trinajstić information content (AvgIpc) is 3.18. The van der Waals surface area contributed by atoms with E-state index >= 15 is 0 Å². The maximum atomic E-state index is 13.3. The first-order valence-corrected chi connectivity index (χ1v) is 10.9. The fourth-order valence-corrected chi connectivity index (χ4v) is 4.29. The first-order valence-electron chi connectivity index (χ1n) is 9.43. The molecule has 5 aromatic rings. The monoisotopic (exact) mass is 450 g/mol. The summed E-state index contributed by atoms with van der Waals surface area (Å²) in [5, 5.41) is 22.0. The summed E-state index contributed by atoms with van der Waals surface area (Å²) in [6.45, 7) is 0. The molecule has 0 amide bonds. The summed E-state index contributed by atoms with van der Waals surface area (Å²) < 4.78 is 45.5. The number of phenols is 2. The number of nitrogens with zero attached hydrogens (tertiary/aromatic N) is 1. The molecule has 0 aliphatic rings. The van der Waals surface area contributed by atoms with E-state index in [0.717, 1.165) is 6.07 Å². The minimum atomic E-state index is -4.49. The van der Waals surface area contributed by atoms with Gasteiger partial charge in [-0.2, -0.15) is 8.42 Å². The van der Waals surface area contributed by atoms with Crippen LogP contribution in [0.3, 0.4) is 0 Å². The first-order chi connectivity index (χ1) is 15.2. The summed E-state index contributed by atoms with van der Waals surface area (Å²) in [5.41, 5.74) is 2.43. The molecular weight excluding hydrogens is 435 g/mol. The molecule has 0 fully saturated rings. The highest BCUT2D eigenvalue weighted by Crippen LogP contribution is 2.39. The zero-order chi connectivity index (χ0) is 22.6. The van der Waals surface area contributed by atoms with Crippen molar-refractivity contribution >= 4 is 31.9 Å². The number of aromatic nitrogens is 2. The Bertz CT molecular complexity index is 1630. The van der Waals surface area contributed by atoms with E-state index in [0.29, 0.717) is 44.3 Å². The van der Waals surface area contributed by atoms with Crippen LogP contribution in [0.15, 0.2) is 71.6 Å². The molecule has 9 heteroatoms. The molecule has 4 N–H and O–H groups in total. The van der Waals surface area contributed by atoms with Gasteiger partial charge in [0.2, 0.25) is 0 Å². The Morgan fingerprint density at radius 2 is 1.62 bits per heavy atom. The van der Waals surface area contributed by atoms with Crippen molar-refractivity contribution in [3.05, 3.63) is 72.5 Å². The van der Waals surface area contributed by atoms with Crippen molar-refractivity contribution in [2.45, 2.75) is 4.90 Å². The van der Waals surface area contributed by atoms with Gasteiger partial charge in [-0.05, 0) is 41.3 Å². The molecule has 32 heavy (non-hydrogen) atoms. The molecule has 0 unspecified atom stereocenters. The highest BCUT2D eigenvalue weighted by atomic mass is 32.2. The number of benzene rings is 4. The summed E-state index contributed by atoms with van der Waals surface area (Å²) in [7, 11) is -4.49. The van der Waals surface area contributed by atoms with Crippen LogP contribution in [0.1, 0.15) is 0 Å². The van der Waals surface area contributed by atoms with Crippen molar-refractivity contribution in [1.29, 1.82) is 0 Å². The van der Waals surface area contributed by atoms with Crippen LogP contribution >= 0.6 is 0 Å². The standard InChI is InChI=1S/C23H15FN2O5S/c24-14-7-4-12(5-8-14)16-2-1-3-17(22(16)28)23-25-18-9-6-13-10-15(32(29,30)31)11-19(27)20(13)21(18)26-23/h1-11,27-28H,(H,25,26)(H,29,30,31). The van der Waals surface area contributed by atoms with Crippen LogP contribution in [0.5, 0.6) is 11.5 Å². The van der Waals surface area contributed by atoms with Crippen molar-refractivity contribution in [1.82, 2.24) is 9.97 Å². The first kappa shape index (κ1) is 20.0. The Kier molecular flexibility index (Phi) is 4.40. The largest absolute Gasteiger partial charge is 0.507 e. The smallest absolute Gasteiger partial charge is 0.294 e. The Morgan fingerprint density at radius 1 is 0.906 bits per heavy atom. The molecule has 7 nitrogen and oxygen atoms in total. The Balaban J connectivity index is 1.70. The summed E-state index contributed by atoms with van der Waals surface area (Å²) >= 11 is 0. The predicted octanol–water partition coefficient (Wildman–Crippen LogP) is 4.85. The van der Waals surface area contributed by atoms with Crippen LogP contribution in [0.2, 0.25) is 0 Å². The summed E-state index contributed by atoms with van der Waals surface area (Å²) in [6.07, 6.45) is 0. The van der Waals surface area contributed by atoms with Gasteiger partial charge in [-0.15, -0.1) is 0 Å². The van der Waals surface area contributed by atoms with Gasteiger partial charge in [0.1, 0.15) is 28.7 Å². The third-order valence-electron chi connectivity index (χ3n) is 5.26. The van der Waals surface area contributed by atoms with Crippen molar-refractivity contribution < 1.29 is 27.6 Å². The minimum Gasteiger partial charge on any atom is -0.507 e. The van der Waals surface area contributed by atoms with E-state index < -0.39 is 15.0 Å². The lowest BCUT2D eigenvalue weighted by Gasteiger charge is -2.08. The number of para-hydroxylation sites is 1. The van der Waals surface area contributed by atoms with Crippen molar-refractivity contribution in [3.8, 4) is 34.0 Å². The number of aromatic hydroxyl groups is 2. The zero-order valence-electron chi connectivity index (χ0n) is 16.2. The number of nitrogens with one attached hydrogen (secondary N) is 1.